The van der Waals surface area contributed by atoms with Crippen molar-refractivity contribution < 1.29 is 24.2 Å². The predicted octanol–water partition coefficient (Wildman–Crippen LogP) is 2.70. The number of ether oxygens (including phenoxy) is 2. The Balaban J connectivity index is -0.000000209. The fourth-order valence-electron chi connectivity index (χ4n) is 0.722. The highest BCUT2D eigenvalue weighted by atomic mass is 16.5. The second-order valence-corrected chi connectivity index (χ2v) is 3.70. The van der Waals surface area contributed by atoms with E-state index in [1.165, 1.54) is 13.8 Å². The first-order valence-electron chi connectivity index (χ1n) is 6.83. The average molecular weight is 278 g/mol. The number of carbonyl (C=O) groups is 2. The van der Waals surface area contributed by atoms with Gasteiger partial charge < -0.3 is 14.6 Å². The van der Waals surface area contributed by atoms with Crippen LogP contribution in [0.4, 0.5) is 0 Å². The van der Waals surface area contributed by atoms with Crippen molar-refractivity contribution in [3.63, 3.8) is 0 Å². The number of aliphatic hydroxyl groups is 1. The second kappa shape index (κ2) is 22.1. The zero-order chi connectivity index (χ0) is 15.5. The molecule has 0 unspecified atom stereocenters. The molecule has 0 aromatic carbocycles. The summed E-state index contributed by atoms with van der Waals surface area (Å²) in [5.74, 6) is -0.393. The van der Waals surface area contributed by atoms with Crippen molar-refractivity contribution in [2.24, 2.45) is 0 Å². The molecule has 0 spiro atoms. The Morgan fingerprint density at radius 1 is 0.895 bits per heavy atom. The van der Waals surface area contributed by atoms with Gasteiger partial charge in [0, 0.05) is 20.5 Å². The molecule has 0 saturated heterocycles. The zero-order valence-corrected chi connectivity index (χ0v) is 13.0. The van der Waals surface area contributed by atoms with Gasteiger partial charge in [0.1, 0.15) is 0 Å². The first-order chi connectivity index (χ1) is 8.95. The van der Waals surface area contributed by atoms with Gasteiger partial charge in [-0.2, -0.15) is 0 Å². The number of aliphatic hydroxyl groups excluding tert-OH is 1. The van der Waals surface area contributed by atoms with E-state index in [1.807, 2.05) is 0 Å². The Morgan fingerprint density at radius 3 is 1.53 bits per heavy atom. The third kappa shape index (κ3) is 47.4. The minimum Gasteiger partial charge on any atom is -0.466 e. The van der Waals surface area contributed by atoms with Crippen molar-refractivity contribution in [1.82, 2.24) is 0 Å². The molecule has 0 aliphatic carbocycles. The van der Waals surface area contributed by atoms with E-state index in [0.29, 0.717) is 19.8 Å². The smallest absolute Gasteiger partial charge is 0.302 e. The Morgan fingerprint density at radius 2 is 1.37 bits per heavy atom. The molecule has 0 aliphatic heterocycles. The highest BCUT2D eigenvalue weighted by Gasteiger charge is 1.88. The summed E-state index contributed by atoms with van der Waals surface area (Å²) in [6.07, 6.45) is 4.09. The standard InChI is InChI=1S/C6H12O2.C4H8O2.C4H10O/c1-3-4-5-8-6(2)7;1-3-6-4(2)5;1-2-3-4-5/h3-5H2,1-2H3;3H2,1-2H3;5H,2-4H2,1H3. The number of rotatable bonds is 6. The monoisotopic (exact) mass is 278 g/mol. The van der Waals surface area contributed by atoms with Crippen LogP contribution in [-0.2, 0) is 19.1 Å². The van der Waals surface area contributed by atoms with Crippen molar-refractivity contribution in [3.8, 4) is 0 Å². The fraction of sp³-hybridized carbons (Fsp3) is 0.857. The van der Waals surface area contributed by atoms with E-state index in [-0.39, 0.29) is 11.9 Å². The molecule has 0 radical (unpaired) electrons. The number of esters is 2. The molecule has 1 N–H and O–H groups in total. The minimum absolute atomic E-state index is 0.182. The minimum atomic E-state index is -0.211. The number of unbranched alkanes of at least 4 members (excludes halogenated alkanes) is 2. The van der Waals surface area contributed by atoms with Crippen LogP contribution in [0.1, 0.15) is 60.3 Å². The van der Waals surface area contributed by atoms with E-state index in [0.717, 1.165) is 25.7 Å². The van der Waals surface area contributed by atoms with Gasteiger partial charge in [-0.25, -0.2) is 0 Å². The lowest BCUT2D eigenvalue weighted by Gasteiger charge is -1.96. The molecule has 0 fully saturated rings. The van der Waals surface area contributed by atoms with Crippen LogP contribution in [-0.4, -0.2) is 36.9 Å². The third-order valence-corrected chi connectivity index (χ3v) is 1.66. The van der Waals surface area contributed by atoms with Gasteiger partial charge in [0.05, 0.1) is 13.2 Å². The molecule has 0 atom stereocenters. The molecule has 116 valence electrons. The molecular weight excluding hydrogens is 248 g/mol. The van der Waals surface area contributed by atoms with Crippen molar-refractivity contribution in [2.75, 3.05) is 19.8 Å². The summed E-state index contributed by atoms with van der Waals surface area (Å²) < 4.78 is 9.05. The Labute approximate surface area is 117 Å². The maximum atomic E-state index is 10.1. The summed E-state index contributed by atoms with van der Waals surface area (Å²) in [4.78, 5) is 19.9. The van der Waals surface area contributed by atoms with Crippen molar-refractivity contribution in [3.05, 3.63) is 0 Å². The lowest BCUT2D eigenvalue weighted by molar-refractivity contribution is -0.141. The van der Waals surface area contributed by atoms with Gasteiger partial charge in [-0.05, 0) is 19.8 Å². The van der Waals surface area contributed by atoms with E-state index in [1.54, 1.807) is 6.92 Å². The lowest BCUT2D eigenvalue weighted by atomic mass is 10.4. The first-order valence-corrected chi connectivity index (χ1v) is 6.83. The molecule has 5 heteroatoms. The Bertz CT molecular complexity index is 190. The van der Waals surface area contributed by atoms with Gasteiger partial charge in [0.25, 0.3) is 0 Å². The molecule has 19 heavy (non-hydrogen) atoms. The van der Waals surface area contributed by atoms with Crippen LogP contribution >= 0.6 is 0 Å². The van der Waals surface area contributed by atoms with Crippen LogP contribution in [0.25, 0.3) is 0 Å². The van der Waals surface area contributed by atoms with Gasteiger partial charge in [-0.1, -0.05) is 26.7 Å². The van der Waals surface area contributed by atoms with Crippen LogP contribution in [0.3, 0.4) is 0 Å². The van der Waals surface area contributed by atoms with E-state index in [2.05, 4.69) is 23.3 Å². The average Bonchev–Trinajstić information content (AvgIpc) is 2.31. The summed E-state index contributed by atoms with van der Waals surface area (Å²) in [6, 6.07) is 0. The molecule has 0 rings (SSSR count). The number of hydrogen-bond donors (Lipinski definition) is 1. The van der Waals surface area contributed by atoms with Crippen molar-refractivity contribution in [2.45, 2.75) is 60.3 Å². The Hall–Kier alpha value is -1.10. The SMILES string of the molecule is CCCCO.CCCCOC(C)=O.CCOC(C)=O. The highest BCUT2D eigenvalue weighted by Crippen LogP contribution is 1.86. The van der Waals surface area contributed by atoms with E-state index < -0.39 is 0 Å². The van der Waals surface area contributed by atoms with Crippen molar-refractivity contribution in [1.29, 1.82) is 0 Å². The summed E-state index contributed by atoms with van der Waals surface area (Å²) in [5, 5.41) is 8.07. The summed E-state index contributed by atoms with van der Waals surface area (Å²) >= 11 is 0. The molecular formula is C14H30O5. The number of hydrogen-bond acceptors (Lipinski definition) is 5. The maximum absolute atomic E-state index is 10.1. The normalized spacial score (nSPS) is 8.32. The Kier molecular flexibility index (Phi) is 26.8. The molecule has 0 aliphatic rings. The summed E-state index contributed by atoms with van der Waals surface area (Å²) in [7, 11) is 0. The topological polar surface area (TPSA) is 72.8 Å². The van der Waals surface area contributed by atoms with Gasteiger partial charge >= 0.3 is 11.9 Å². The third-order valence-electron chi connectivity index (χ3n) is 1.66. The fourth-order valence-corrected chi connectivity index (χ4v) is 0.722. The molecule has 0 aromatic rings. The van der Waals surface area contributed by atoms with E-state index in [9.17, 15) is 9.59 Å². The second-order valence-electron chi connectivity index (χ2n) is 3.70. The lowest BCUT2D eigenvalue weighted by Crippen LogP contribution is -1.99. The summed E-state index contributed by atoms with van der Waals surface area (Å²) in [6.45, 7) is 10.1. The van der Waals surface area contributed by atoms with Gasteiger partial charge in [0.15, 0.2) is 0 Å². The largest absolute Gasteiger partial charge is 0.466 e. The van der Waals surface area contributed by atoms with E-state index in [4.69, 9.17) is 5.11 Å². The van der Waals surface area contributed by atoms with Gasteiger partial charge in [0.2, 0.25) is 0 Å². The van der Waals surface area contributed by atoms with Crippen LogP contribution in [0.5, 0.6) is 0 Å². The molecule has 5 nitrogen and oxygen atoms in total. The van der Waals surface area contributed by atoms with Crippen LogP contribution in [0, 0.1) is 0 Å². The van der Waals surface area contributed by atoms with Crippen LogP contribution in [0.15, 0.2) is 0 Å². The maximum Gasteiger partial charge on any atom is 0.302 e. The zero-order valence-electron chi connectivity index (χ0n) is 13.0. The van der Waals surface area contributed by atoms with Crippen molar-refractivity contribution >= 4 is 11.9 Å². The van der Waals surface area contributed by atoms with Crippen LogP contribution in [0.2, 0.25) is 0 Å². The predicted molar refractivity (Wildman–Crippen MR) is 75.8 cm³/mol. The molecule has 0 aromatic heterocycles. The van der Waals surface area contributed by atoms with Gasteiger partial charge in [-0.3, -0.25) is 9.59 Å². The summed E-state index contributed by atoms with van der Waals surface area (Å²) in [5.41, 5.74) is 0. The molecule has 0 amide bonds. The first kappa shape index (κ1) is 23.0. The quantitative estimate of drug-likeness (QED) is 0.597. The highest BCUT2D eigenvalue weighted by molar-refractivity contribution is 5.66. The number of carbonyl (C=O) groups excluding carboxylic acids is 2. The van der Waals surface area contributed by atoms with Gasteiger partial charge in [-0.15, -0.1) is 0 Å². The van der Waals surface area contributed by atoms with Crippen LogP contribution < -0.4 is 0 Å². The molecule has 0 saturated carbocycles. The van der Waals surface area contributed by atoms with E-state index >= 15 is 0 Å². The molecule has 0 bridgehead atoms. The molecule has 0 heterocycles.